The summed E-state index contributed by atoms with van der Waals surface area (Å²) >= 11 is 0. The molecule has 0 saturated carbocycles. The lowest BCUT2D eigenvalue weighted by Gasteiger charge is -1.97. The van der Waals surface area contributed by atoms with E-state index in [1.807, 2.05) is 19.9 Å². The molecular weight excluding hydrogens is 248 g/mol. The highest BCUT2D eigenvalue weighted by Crippen LogP contribution is 2.13. The van der Waals surface area contributed by atoms with E-state index in [1.54, 1.807) is 6.21 Å². The van der Waals surface area contributed by atoms with Gasteiger partial charge in [0.05, 0.1) is 11.1 Å². The van der Waals surface area contributed by atoms with Crippen LogP contribution in [0.5, 0.6) is 0 Å². The van der Waals surface area contributed by atoms with Crippen molar-refractivity contribution in [1.82, 2.24) is 4.98 Å². The molecule has 2 rings (SSSR count). The molecule has 1 N–H and O–H groups in total. The Labute approximate surface area is 109 Å². The third-order valence-electron chi connectivity index (χ3n) is 2.42. The highest BCUT2D eigenvalue weighted by atomic mass is 16.6. The molecule has 0 saturated heterocycles. The summed E-state index contributed by atoms with van der Waals surface area (Å²) in [7, 11) is 0. The minimum Gasteiger partial charge on any atom is -0.466 e. The number of nitrogens with zero attached hydrogens (tertiary/aromatic N) is 3. The van der Waals surface area contributed by atoms with E-state index in [0.717, 1.165) is 17.1 Å². The summed E-state index contributed by atoms with van der Waals surface area (Å²) in [5.41, 5.74) is 3.50. The summed E-state index contributed by atoms with van der Waals surface area (Å²) in [5.74, 6) is 2.02. The normalized spacial score (nSPS) is 10.8. The van der Waals surface area contributed by atoms with Gasteiger partial charge in [-0.2, -0.15) is 5.10 Å². The number of nitro groups is 1. The molecule has 0 amide bonds. The Hall–Kier alpha value is -2.70. The van der Waals surface area contributed by atoms with Crippen molar-refractivity contribution in [1.29, 1.82) is 0 Å². The van der Waals surface area contributed by atoms with Crippen molar-refractivity contribution >= 4 is 17.7 Å². The van der Waals surface area contributed by atoms with Crippen LogP contribution >= 0.6 is 0 Å². The molecule has 7 heteroatoms. The Morgan fingerprint density at radius 1 is 1.47 bits per heavy atom. The summed E-state index contributed by atoms with van der Waals surface area (Å²) in [4.78, 5) is 13.8. The van der Waals surface area contributed by atoms with Crippen LogP contribution in [0.25, 0.3) is 0 Å². The molecule has 0 bridgehead atoms. The van der Waals surface area contributed by atoms with E-state index in [-0.39, 0.29) is 5.69 Å². The quantitative estimate of drug-likeness (QED) is 0.518. The molecule has 7 nitrogen and oxygen atoms in total. The van der Waals surface area contributed by atoms with Crippen LogP contribution in [-0.2, 0) is 0 Å². The van der Waals surface area contributed by atoms with Crippen LogP contribution in [0.3, 0.4) is 0 Å². The fourth-order valence-corrected chi connectivity index (χ4v) is 1.51. The summed E-state index contributed by atoms with van der Waals surface area (Å²) in [6.45, 7) is 3.70. The number of hydrogen-bond donors (Lipinski definition) is 1. The lowest BCUT2D eigenvalue weighted by molar-refractivity contribution is -0.385. The van der Waals surface area contributed by atoms with Gasteiger partial charge in [-0.3, -0.25) is 15.5 Å². The summed E-state index contributed by atoms with van der Waals surface area (Å²) in [6.07, 6.45) is 2.78. The first-order valence-corrected chi connectivity index (χ1v) is 5.53. The third-order valence-corrected chi connectivity index (χ3v) is 2.42. The van der Waals surface area contributed by atoms with Gasteiger partial charge in [0.2, 0.25) is 0 Å². The molecule has 0 aromatic carbocycles. The summed E-state index contributed by atoms with van der Waals surface area (Å²) in [5, 5.41) is 14.4. The molecule has 19 heavy (non-hydrogen) atoms. The van der Waals surface area contributed by atoms with E-state index >= 15 is 0 Å². The van der Waals surface area contributed by atoms with E-state index in [2.05, 4.69) is 15.5 Å². The molecule has 0 aliphatic rings. The standard InChI is InChI=1S/C12H12N4O3/c1-8-5-10(9(2)19-8)6-14-15-12-4-3-11(7-13-12)16(17)18/h3-7H,1-2H3,(H,13,15)/b14-6+. The Morgan fingerprint density at radius 2 is 2.26 bits per heavy atom. The number of hydrogen-bond acceptors (Lipinski definition) is 6. The summed E-state index contributed by atoms with van der Waals surface area (Å²) in [6, 6.07) is 4.71. The van der Waals surface area contributed by atoms with E-state index < -0.39 is 4.92 Å². The second-order valence-electron chi connectivity index (χ2n) is 3.90. The van der Waals surface area contributed by atoms with Crippen molar-refractivity contribution in [2.75, 3.05) is 5.43 Å². The first-order valence-electron chi connectivity index (χ1n) is 5.53. The zero-order valence-electron chi connectivity index (χ0n) is 10.5. The smallest absolute Gasteiger partial charge is 0.287 e. The molecular formula is C12H12N4O3. The van der Waals surface area contributed by atoms with Crippen LogP contribution in [0, 0.1) is 24.0 Å². The number of aryl methyl sites for hydroxylation is 2. The van der Waals surface area contributed by atoms with Crippen LogP contribution in [0.1, 0.15) is 17.1 Å². The van der Waals surface area contributed by atoms with E-state index in [9.17, 15) is 10.1 Å². The second kappa shape index (κ2) is 5.30. The number of nitrogens with one attached hydrogen (secondary N) is 1. The van der Waals surface area contributed by atoms with Crippen molar-refractivity contribution in [3.05, 3.63) is 51.6 Å². The first-order chi connectivity index (χ1) is 9.06. The minimum atomic E-state index is -0.502. The van der Waals surface area contributed by atoms with Crippen LogP contribution in [0.15, 0.2) is 33.9 Å². The molecule has 98 valence electrons. The predicted molar refractivity (Wildman–Crippen MR) is 70.3 cm³/mol. The number of furan rings is 1. The summed E-state index contributed by atoms with van der Waals surface area (Å²) < 4.78 is 5.35. The Morgan fingerprint density at radius 3 is 2.79 bits per heavy atom. The molecule has 0 fully saturated rings. The molecule has 2 aromatic heterocycles. The van der Waals surface area contributed by atoms with Gasteiger partial charge in [-0.05, 0) is 26.0 Å². The van der Waals surface area contributed by atoms with Crippen molar-refractivity contribution in [3.8, 4) is 0 Å². The fourth-order valence-electron chi connectivity index (χ4n) is 1.51. The largest absolute Gasteiger partial charge is 0.466 e. The second-order valence-corrected chi connectivity index (χ2v) is 3.90. The lowest BCUT2D eigenvalue weighted by Crippen LogP contribution is -1.95. The number of pyridine rings is 1. The maximum absolute atomic E-state index is 10.5. The average Bonchev–Trinajstić information content (AvgIpc) is 2.68. The van der Waals surface area contributed by atoms with Crippen LogP contribution in [0.2, 0.25) is 0 Å². The van der Waals surface area contributed by atoms with Crippen LogP contribution in [0.4, 0.5) is 11.5 Å². The van der Waals surface area contributed by atoms with E-state index in [1.165, 1.54) is 18.3 Å². The highest BCUT2D eigenvalue weighted by Gasteiger charge is 2.04. The fraction of sp³-hybridized carbons (Fsp3) is 0.167. The van der Waals surface area contributed by atoms with Crippen molar-refractivity contribution in [2.24, 2.45) is 5.10 Å². The van der Waals surface area contributed by atoms with Gasteiger partial charge in [-0.15, -0.1) is 0 Å². The number of anilines is 1. The molecule has 0 spiro atoms. The van der Waals surface area contributed by atoms with E-state index in [0.29, 0.717) is 5.82 Å². The van der Waals surface area contributed by atoms with Gasteiger partial charge in [0, 0.05) is 11.6 Å². The SMILES string of the molecule is Cc1cc(/C=N/Nc2ccc([N+](=O)[O-])cn2)c(C)o1. The van der Waals surface area contributed by atoms with Crippen molar-refractivity contribution < 1.29 is 9.34 Å². The predicted octanol–water partition coefficient (Wildman–Crippen LogP) is 2.65. The molecule has 0 unspecified atom stereocenters. The van der Waals surface area contributed by atoms with Gasteiger partial charge in [0.1, 0.15) is 23.5 Å². The number of rotatable bonds is 4. The number of aromatic nitrogens is 1. The van der Waals surface area contributed by atoms with Gasteiger partial charge in [0.15, 0.2) is 0 Å². The Bertz CT molecular complexity index is 616. The minimum absolute atomic E-state index is 0.0594. The molecule has 0 aliphatic carbocycles. The Kier molecular flexibility index (Phi) is 3.56. The van der Waals surface area contributed by atoms with E-state index in [4.69, 9.17) is 4.42 Å². The molecule has 0 radical (unpaired) electrons. The van der Waals surface area contributed by atoms with Crippen LogP contribution in [-0.4, -0.2) is 16.1 Å². The maximum atomic E-state index is 10.5. The zero-order chi connectivity index (χ0) is 13.8. The van der Waals surface area contributed by atoms with Crippen molar-refractivity contribution in [2.45, 2.75) is 13.8 Å². The molecule has 2 heterocycles. The lowest BCUT2D eigenvalue weighted by atomic mass is 10.3. The molecule has 0 aliphatic heterocycles. The number of hydrazone groups is 1. The highest BCUT2D eigenvalue weighted by molar-refractivity contribution is 5.81. The molecule has 2 aromatic rings. The van der Waals surface area contributed by atoms with Gasteiger partial charge >= 0.3 is 0 Å². The Balaban J connectivity index is 2.02. The van der Waals surface area contributed by atoms with Gasteiger partial charge < -0.3 is 4.42 Å². The van der Waals surface area contributed by atoms with Gasteiger partial charge in [0.25, 0.3) is 5.69 Å². The van der Waals surface area contributed by atoms with Crippen molar-refractivity contribution in [3.63, 3.8) is 0 Å². The topological polar surface area (TPSA) is 93.6 Å². The monoisotopic (exact) mass is 260 g/mol. The molecule has 0 atom stereocenters. The maximum Gasteiger partial charge on any atom is 0.287 e. The van der Waals surface area contributed by atoms with Gasteiger partial charge in [-0.1, -0.05) is 0 Å². The van der Waals surface area contributed by atoms with Gasteiger partial charge in [-0.25, -0.2) is 4.98 Å². The average molecular weight is 260 g/mol. The van der Waals surface area contributed by atoms with Crippen LogP contribution < -0.4 is 5.43 Å². The third kappa shape index (κ3) is 3.15. The zero-order valence-corrected chi connectivity index (χ0v) is 10.5. The first kappa shape index (κ1) is 12.7.